The molecule has 0 amide bonds. The lowest BCUT2D eigenvalue weighted by molar-refractivity contribution is 0.0866. The topological polar surface area (TPSA) is 109 Å². The molecule has 0 spiro atoms. The molecule has 1 atom stereocenters. The van der Waals surface area contributed by atoms with Crippen LogP contribution in [0.3, 0.4) is 0 Å². The van der Waals surface area contributed by atoms with E-state index in [0.29, 0.717) is 41.7 Å². The molecule has 5 rings (SSSR count). The predicted octanol–water partition coefficient (Wildman–Crippen LogP) is 3.78. The average molecular weight is 407 g/mol. The van der Waals surface area contributed by atoms with Crippen LogP contribution in [-0.2, 0) is 6.42 Å². The van der Waals surface area contributed by atoms with E-state index < -0.39 is 0 Å². The smallest absolute Gasteiger partial charge is 0.262 e. The van der Waals surface area contributed by atoms with Crippen molar-refractivity contribution >= 4 is 5.82 Å². The molecule has 1 saturated carbocycles. The van der Waals surface area contributed by atoms with E-state index in [1.54, 1.807) is 0 Å². The quantitative estimate of drug-likeness (QED) is 0.696. The van der Waals surface area contributed by atoms with Crippen molar-refractivity contribution in [3.05, 3.63) is 53.4 Å². The van der Waals surface area contributed by atoms with Gasteiger partial charge in [0.25, 0.3) is 5.88 Å². The molecule has 0 saturated heterocycles. The lowest BCUT2D eigenvalue weighted by Gasteiger charge is -2.29. The number of ether oxygens (including phenoxy) is 2. The average Bonchev–Trinajstić information content (AvgIpc) is 3.19. The largest absolute Gasteiger partial charge is 0.473 e. The van der Waals surface area contributed by atoms with Crippen LogP contribution in [0, 0.1) is 12.8 Å². The summed E-state index contributed by atoms with van der Waals surface area (Å²) in [6, 6.07) is 8.68. The summed E-state index contributed by atoms with van der Waals surface area (Å²) in [6.07, 6.45) is 6.79. The molecular weight excluding hydrogens is 382 g/mol. The minimum Gasteiger partial charge on any atom is -0.473 e. The number of aryl methyl sites for hydroxylation is 1. The molecule has 8 nitrogen and oxygen atoms in total. The number of nitrogens with zero attached hydrogens (tertiary/aromatic N) is 4. The number of hydrogen-bond acceptors (Lipinski definition) is 8. The number of aromatic nitrogens is 4. The van der Waals surface area contributed by atoms with Crippen LogP contribution in [-0.4, -0.2) is 26.7 Å². The highest BCUT2D eigenvalue weighted by atomic mass is 16.6. The maximum atomic E-state index is 6.01. The Morgan fingerprint density at radius 3 is 2.53 bits per heavy atom. The van der Waals surface area contributed by atoms with Crippen LogP contribution in [0.15, 0.2) is 35.1 Å². The van der Waals surface area contributed by atoms with Crippen molar-refractivity contribution in [1.29, 1.82) is 0 Å². The second-order valence-corrected chi connectivity index (χ2v) is 8.13. The Labute approximate surface area is 174 Å². The number of hydrogen-bond donors (Lipinski definition) is 1. The van der Waals surface area contributed by atoms with Gasteiger partial charge in [-0.2, -0.15) is 9.97 Å². The monoisotopic (exact) mass is 407 g/mol. The van der Waals surface area contributed by atoms with Crippen LogP contribution < -0.4 is 15.2 Å². The predicted molar refractivity (Wildman–Crippen MR) is 109 cm³/mol. The van der Waals surface area contributed by atoms with Gasteiger partial charge in [0.2, 0.25) is 11.6 Å². The molecule has 3 heterocycles. The van der Waals surface area contributed by atoms with Gasteiger partial charge >= 0.3 is 0 Å². The number of nitrogen functional groups attached to an aromatic ring is 1. The summed E-state index contributed by atoms with van der Waals surface area (Å²) in [6.45, 7) is 2.27. The molecular formula is C22H25N5O3. The van der Waals surface area contributed by atoms with Gasteiger partial charge in [0.1, 0.15) is 12.9 Å². The molecule has 3 aromatic rings. The fourth-order valence-electron chi connectivity index (χ4n) is 4.43. The Morgan fingerprint density at radius 2 is 1.80 bits per heavy atom. The molecule has 2 aliphatic rings. The van der Waals surface area contributed by atoms with E-state index in [4.69, 9.17) is 19.7 Å². The molecule has 1 aliphatic heterocycles. The third-order valence-corrected chi connectivity index (χ3v) is 6.09. The van der Waals surface area contributed by atoms with Crippen molar-refractivity contribution in [3.8, 4) is 11.6 Å². The summed E-state index contributed by atoms with van der Waals surface area (Å²) in [5.41, 5.74) is 8.34. The molecule has 1 aromatic carbocycles. The molecule has 156 valence electrons. The summed E-state index contributed by atoms with van der Waals surface area (Å²) >= 11 is 0. The number of anilines is 1. The fraction of sp³-hybridized carbons (Fsp3) is 0.455. The van der Waals surface area contributed by atoms with E-state index in [0.717, 1.165) is 17.9 Å². The minimum atomic E-state index is -0.214. The van der Waals surface area contributed by atoms with E-state index in [2.05, 4.69) is 44.4 Å². The molecule has 0 bridgehead atoms. The first-order chi connectivity index (χ1) is 14.7. The third-order valence-electron chi connectivity index (χ3n) is 6.09. The Bertz CT molecular complexity index is 1010. The Hall–Kier alpha value is -3.16. The zero-order chi connectivity index (χ0) is 20.5. The van der Waals surface area contributed by atoms with Crippen molar-refractivity contribution < 1.29 is 14.0 Å². The standard InChI is InChI=1S/C22H25N5O3/c1-13-26-19(30-27-13)10-14-2-4-15(5-3-14)16-6-8-17(9-7-16)18-11-28-22-20(29-18)21(23)24-12-25-22/h6-9,12,14-15,18H,2-5,10-11H2,1H3,(H2,23,24,25)/t14?,15?,18-/m1/s1. The summed E-state index contributed by atoms with van der Waals surface area (Å²) in [7, 11) is 0. The van der Waals surface area contributed by atoms with Gasteiger partial charge in [-0.05, 0) is 55.6 Å². The SMILES string of the molecule is Cc1noc(CC2CCC(c3ccc([C@H]4COc5ncnc(N)c5O4)cc3)CC2)n1. The molecule has 8 heteroatoms. The molecule has 1 aliphatic carbocycles. The Kier molecular flexibility index (Phi) is 4.98. The normalized spacial score (nSPS) is 23.3. The number of fused-ring (bicyclic) bond motifs is 1. The Morgan fingerprint density at radius 1 is 1.03 bits per heavy atom. The highest BCUT2D eigenvalue weighted by Crippen LogP contribution is 2.39. The van der Waals surface area contributed by atoms with Crippen molar-refractivity contribution in [3.63, 3.8) is 0 Å². The first-order valence-electron chi connectivity index (χ1n) is 10.4. The molecule has 0 radical (unpaired) electrons. The first kappa shape index (κ1) is 18.8. The summed E-state index contributed by atoms with van der Waals surface area (Å²) in [5, 5.41) is 3.89. The van der Waals surface area contributed by atoms with Crippen molar-refractivity contribution in [2.75, 3.05) is 12.3 Å². The molecule has 2 aromatic heterocycles. The van der Waals surface area contributed by atoms with Gasteiger partial charge in [0, 0.05) is 6.42 Å². The van der Waals surface area contributed by atoms with Gasteiger partial charge in [0.15, 0.2) is 17.7 Å². The van der Waals surface area contributed by atoms with Crippen LogP contribution in [0.4, 0.5) is 5.82 Å². The molecule has 0 unspecified atom stereocenters. The molecule has 2 N–H and O–H groups in total. The maximum Gasteiger partial charge on any atom is 0.262 e. The van der Waals surface area contributed by atoms with E-state index in [9.17, 15) is 0 Å². The van der Waals surface area contributed by atoms with E-state index >= 15 is 0 Å². The van der Waals surface area contributed by atoms with Crippen LogP contribution in [0.25, 0.3) is 0 Å². The third kappa shape index (κ3) is 3.81. The lowest BCUT2D eigenvalue weighted by atomic mass is 9.77. The van der Waals surface area contributed by atoms with Gasteiger partial charge in [-0.3, -0.25) is 0 Å². The van der Waals surface area contributed by atoms with Crippen LogP contribution in [0.2, 0.25) is 0 Å². The van der Waals surface area contributed by atoms with Gasteiger partial charge < -0.3 is 19.7 Å². The van der Waals surface area contributed by atoms with Gasteiger partial charge in [0.05, 0.1) is 0 Å². The van der Waals surface area contributed by atoms with E-state index in [1.165, 1.54) is 37.6 Å². The number of rotatable bonds is 4. The fourth-order valence-corrected chi connectivity index (χ4v) is 4.43. The lowest BCUT2D eigenvalue weighted by Crippen LogP contribution is -2.23. The van der Waals surface area contributed by atoms with Gasteiger partial charge in [-0.15, -0.1) is 0 Å². The summed E-state index contributed by atoms with van der Waals surface area (Å²) in [5.74, 6) is 3.82. The van der Waals surface area contributed by atoms with Crippen LogP contribution in [0.5, 0.6) is 11.6 Å². The van der Waals surface area contributed by atoms with Crippen molar-refractivity contribution in [2.24, 2.45) is 5.92 Å². The first-order valence-corrected chi connectivity index (χ1v) is 10.4. The zero-order valence-electron chi connectivity index (χ0n) is 17.0. The van der Waals surface area contributed by atoms with E-state index in [-0.39, 0.29) is 6.10 Å². The zero-order valence-corrected chi connectivity index (χ0v) is 17.0. The summed E-state index contributed by atoms with van der Waals surface area (Å²) in [4.78, 5) is 12.4. The van der Waals surface area contributed by atoms with E-state index in [1.807, 2.05) is 6.92 Å². The van der Waals surface area contributed by atoms with Gasteiger partial charge in [-0.25, -0.2) is 4.98 Å². The molecule has 1 fully saturated rings. The highest BCUT2D eigenvalue weighted by Gasteiger charge is 2.27. The summed E-state index contributed by atoms with van der Waals surface area (Å²) < 4.78 is 17.0. The van der Waals surface area contributed by atoms with Crippen molar-refractivity contribution in [2.45, 2.75) is 51.0 Å². The second-order valence-electron chi connectivity index (χ2n) is 8.13. The maximum absolute atomic E-state index is 6.01. The van der Waals surface area contributed by atoms with Gasteiger partial charge in [-0.1, -0.05) is 29.4 Å². The van der Waals surface area contributed by atoms with Crippen LogP contribution in [0.1, 0.15) is 60.5 Å². The second kappa shape index (κ2) is 7.93. The minimum absolute atomic E-state index is 0.214. The van der Waals surface area contributed by atoms with Crippen molar-refractivity contribution in [1.82, 2.24) is 20.1 Å². The Balaban J connectivity index is 1.19. The van der Waals surface area contributed by atoms with Crippen LogP contribution >= 0.6 is 0 Å². The number of benzene rings is 1. The highest BCUT2D eigenvalue weighted by molar-refractivity contribution is 5.52. The number of nitrogens with two attached hydrogens (primary N) is 1. The molecule has 30 heavy (non-hydrogen) atoms.